The van der Waals surface area contributed by atoms with Crippen molar-refractivity contribution in [2.45, 2.75) is 0 Å². The van der Waals surface area contributed by atoms with Crippen molar-refractivity contribution in [2.75, 3.05) is 0 Å². The molecule has 0 saturated carbocycles. The Morgan fingerprint density at radius 3 is 1.62 bits per heavy atom. The van der Waals surface area contributed by atoms with Crippen LogP contribution in [0.15, 0.2) is 176 Å². The molecule has 0 bridgehead atoms. The Balaban J connectivity index is 1.24. The third kappa shape index (κ3) is 5.22. The summed E-state index contributed by atoms with van der Waals surface area (Å²) in [5, 5.41) is 23.8. The van der Waals surface area contributed by atoms with Crippen molar-refractivity contribution in [3.05, 3.63) is 198 Å². The predicted molar refractivity (Wildman–Crippen MR) is 227 cm³/mol. The molecule has 0 aliphatic rings. The van der Waals surface area contributed by atoms with Gasteiger partial charge in [0.1, 0.15) is 0 Å². The molecule has 0 radical (unpaired) electrons. The molecule has 0 spiro atoms. The second kappa shape index (κ2) is 13.0. The molecule has 0 N–H and O–H groups in total. The first-order valence-electron chi connectivity index (χ1n) is 18.3. The summed E-state index contributed by atoms with van der Waals surface area (Å²) in [6.45, 7) is 7.81. The van der Waals surface area contributed by atoms with Crippen LogP contribution in [-0.4, -0.2) is 9.13 Å². The summed E-state index contributed by atoms with van der Waals surface area (Å²) in [5.74, 6) is 0. The lowest BCUT2D eigenvalue weighted by Gasteiger charge is -2.15. The highest BCUT2D eigenvalue weighted by atomic mass is 15.0. The number of fused-ring (bicyclic) bond motifs is 6. The van der Waals surface area contributed by atoms with Gasteiger partial charge in [-0.25, -0.2) is 4.85 Å². The van der Waals surface area contributed by atoms with Gasteiger partial charge in [-0.2, -0.15) is 10.5 Å². The third-order valence-electron chi connectivity index (χ3n) is 10.8. The maximum Gasteiger partial charge on any atom is 0.194 e. The lowest BCUT2D eigenvalue weighted by molar-refractivity contribution is 1.18. The van der Waals surface area contributed by atoms with Crippen molar-refractivity contribution < 1.29 is 0 Å². The summed E-state index contributed by atoms with van der Waals surface area (Å²) in [7, 11) is 0. The Bertz CT molecular complexity index is 3270. The Labute approximate surface area is 323 Å². The molecule has 10 rings (SSSR count). The van der Waals surface area contributed by atoms with Crippen LogP contribution >= 0.6 is 0 Å². The van der Waals surface area contributed by atoms with E-state index >= 15 is 0 Å². The lowest BCUT2D eigenvalue weighted by atomic mass is 9.94. The van der Waals surface area contributed by atoms with E-state index in [4.69, 9.17) is 6.57 Å². The van der Waals surface area contributed by atoms with E-state index in [0.717, 1.165) is 83.0 Å². The van der Waals surface area contributed by atoms with Crippen LogP contribution in [0.3, 0.4) is 0 Å². The van der Waals surface area contributed by atoms with Gasteiger partial charge in [-0.05, 0) is 124 Å². The molecule has 0 saturated heterocycles. The van der Waals surface area contributed by atoms with E-state index in [9.17, 15) is 10.5 Å². The van der Waals surface area contributed by atoms with Crippen LogP contribution in [0.2, 0.25) is 0 Å². The van der Waals surface area contributed by atoms with Gasteiger partial charge in [0.25, 0.3) is 0 Å². The van der Waals surface area contributed by atoms with Crippen molar-refractivity contribution in [1.82, 2.24) is 9.13 Å². The molecule has 258 valence electrons. The molecule has 0 unspecified atom stereocenters. The van der Waals surface area contributed by atoms with Gasteiger partial charge in [0.15, 0.2) is 5.69 Å². The summed E-state index contributed by atoms with van der Waals surface area (Å²) < 4.78 is 4.56. The van der Waals surface area contributed by atoms with Crippen molar-refractivity contribution in [1.29, 1.82) is 10.5 Å². The van der Waals surface area contributed by atoms with E-state index < -0.39 is 0 Å². The molecule has 5 heteroatoms. The number of rotatable bonds is 5. The zero-order valence-corrected chi connectivity index (χ0v) is 30.0. The topological polar surface area (TPSA) is 61.8 Å². The van der Waals surface area contributed by atoms with Crippen LogP contribution in [0.5, 0.6) is 0 Å². The first-order valence-corrected chi connectivity index (χ1v) is 18.3. The minimum Gasteiger partial charge on any atom is -0.309 e. The van der Waals surface area contributed by atoms with E-state index in [1.54, 1.807) is 0 Å². The van der Waals surface area contributed by atoms with Gasteiger partial charge in [0, 0.05) is 32.9 Å². The van der Waals surface area contributed by atoms with Gasteiger partial charge < -0.3 is 9.13 Å². The molecule has 10 aromatic rings. The van der Waals surface area contributed by atoms with Gasteiger partial charge in [-0.15, -0.1) is 0 Å². The number of benzene rings is 8. The molecule has 8 aromatic carbocycles. The Hall–Kier alpha value is -8.17. The molecule has 0 aliphatic carbocycles. The van der Waals surface area contributed by atoms with E-state index in [1.807, 2.05) is 66.7 Å². The maximum atomic E-state index is 9.84. The smallest absolute Gasteiger partial charge is 0.194 e. The zero-order valence-electron chi connectivity index (χ0n) is 30.0. The number of hydrogen-bond donors (Lipinski definition) is 0. The normalized spacial score (nSPS) is 11.2. The van der Waals surface area contributed by atoms with Crippen molar-refractivity contribution in [3.63, 3.8) is 0 Å². The van der Waals surface area contributed by atoms with Crippen LogP contribution in [-0.2, 0) is 0 Å². The maximum absolute atomic E-state index is 9.84. The molecule has 0 fully saturated rings. The number of nitriles is 2. The van der Waals surface area contributed by atoms with Crippen molar-refractivity contribution in [3.8, 4) is 56.9 Å². The van der Waals surface area contributed by atoms with Gasteiger partial charge in [0.2, 0.25) is 0 Å². The fourth-order valence-corrected chi connectivity index (χ4v) is 8.20. The van der Waals surface area contributed by atoms with Gasteiger partial charge in [-0.1, -0.05) is 84.9 Å². The monoisotopic (exact) mass is 711 g/mol. The highest BCUT2D eigenvalue weighted by Crippen LogP contribution is 2.40. The molecule has 56 heavy (non-hydrogen) atoms. The fraction of sp³-hybridized carbons (Fsp3) is 0. The molecular formula is C51H29N5. The van der Waals surface area contributed by atoms with Gasteiger partial charge in [0.05, 0.1) is 51.9 Å². The second-order valence-electron chi connectivity index (χ2n) is 13.9. The molecule has 0 aliphatic heterocycles. The predicted octanol–water partition coefficient (Wildman–Crippen LogP) is 13.2. The summed E-state index contributed by atoms with van der Waals surface area (Å²) in [6.07, 6.45) is 0. The Morgan fingerprint density at radius 2 is 0.929 bits per heavy atom. The van der Waals surface area contributed by atoms with Crippen LogP contribution in [0, 0.1) is 29.2 Å². The SMILES string of the molecule is [C-]#[N+]c1ccccc1-c1cccc(-c2cc(-c3ccc4c(c3)c3ccccc3n4-c3ccccc3)cc(-n3c4ccc(C#N)cc4c4cc(C#N)ccc43)c2)c1. The van der Waals surface area contributed by atoms with Gasteiger partial charge in [-0.3, -0.25) is 0 Å². The van der Waals surface area contributed by atoms with E-state index in [2.05, 4.69) is 135 Å². The van der Waals surface area contributed by atoms with Crippen LogP contribution in [0.1, 0.15) is 11.1 Å². The minimum atomic E-state index is 0.563. The largest absolute Gasteiger partial charge is 0.309 e. The average Bonchev–Trinajstić information content (AvgIpc) is 3.78. The summed E-state index contributed by atoms with van der Waals surface area (Å²) in [6, 6.07) is 64.7. The van der Waals surface area contributed by atoms with E-state index in [0.29, 0.717) is 16.8 Å². The fourth-order valence-electron chi connectivity index (χ4n) is 8.20. The molecule has 0 atom stereocenters. The van der Waals surface area contributed by atoms with E-state index in [-0.39, 0.29) is 0 Å². The molecule has 2 heterocycles. The molecule has 2 aromatic heterocycles. The average molecular weight is 712 g/mol. The lowest BCUT2D eigenvalue weighted by Crippen LogP contribution is -1.96. The number of para-hydroxylation sites is 3. The Morgan fingerprint density at radius 1 is 0.393 bits per heavy atom. The first kappa shape index (κ1) is 32.5. The van der Waals surface area contributed by atoms with E-state index in [1.165, 1.54) is 5.39 Å². The molecular weight excluding hydrogens is 683 g/mol. The Kier molecular flexibility index (Phi) is 7.57. The van der Waals surface area contributed by atoms with Crippen LogP contribution < -0.4 is 0 Å². The number of aromatic nitrogens is 2. The second-order valence-corrected chi connectivity index (χ2v) is 13.9. The zero-order chi connectivity index (χ0) is 37.8. The highest BCUT2D eigenvalue weighted by molar-refractivity contribution is 6.12. The third-order valence-corrected chi connectivity index (χ3v) is 10.8. The minimum absolute atomic E-state index is 0.563. The summed E-state index contributed by atoms with van der Waals surface area (Å²) >= 11 is 0. The summed E-state index contributed by atoms with van der Waals surface area (Å²) in [5.41, 5.74) is 14.0. The van der Waals surface area contributed by atoms with Crippen molar-refractivity contribution in [2.24, 2.45) is 0 Å². The number of nitrogens with zero attached hydrogens (tertiary/aromatic N) is 5. The van der Waals surface area contributed by atoms with Crippen molar-refractivity contribution >= 4 is 49.3 Å². The quantitative estimate of drug-likeness (QED) is 0.167. The van der Waals surface area contributed by atoms with Crippen LogP contribution in [0.4, 0.5) is 5.69 Å². The number of hydrogen-bond acceptors (Lipinski definition) is 2. The van der Waals surface area contributed by atoms with Crippen LogP contribution in [0.25, 0.3) is 93.2 Å². The first-order chi connectivity index (χ1) is 27.6. The van der Waals surface area contributed by atoms with Gasteiger partial charge >= 0.3 is 0 Å². The molecule has 0 amide bonds. The summed E-state index contributed by atoms with van der Waals surface area (Å²) in [4.78, 5) is 3.81. The molecule has 5 nitrogen and oxygen atoms in total. The highest BCUT2D eigenvalue weighted by Gasteiger charge is 2.18. The standard InChI is InChI=1S/C51H29N5/c1-54-47-16-7-5-14-42(47)37-11-9-10-35(26-37)38-27-39(36-20-23-51-46(30-36)43-15-6-8-17-48(43)55(51)40-12-3-2-4-13-40)29-41(28-38)56-49-21-18-33(31-52)24-44(49)45-25-34(32-53)19-22-50(45)56/h2-30H.